The average Bonchev–Trinajstić information content (AvgIpc) is 3.12. The Labute approximate surface area is 151 Å². The van der Waals surface area contributed by atoms with Crippen LogP contribution >= 0.6 is 11.8 Å². The van der Waals surface area contributed by atoms with Gasteiger partial charge in [-0.1, -0.05) is 6.07 Å². The summed E-state index contributed by atoms with van der Waals surface area (Å²) < 4.78 is 10.7. The van der Waals surface area contributed by atoms with E-state index in [2.05, 4.69) is 24.3 Å². The van der Waals surface area contributed by atoms with Crippen LogP contribution in [0.5, 0.6) is 5.75 Å². The number of ether oxygens (including phenoxy) is 2. The maximum atomic E-state index is 11.8. The van der Waals surface area contributed by atoms with Crippen LogP contribution in [0.25, 0.3) is 0 Å². The van der Waals surface area contributed by atoms with Crippen LogP contribution in [0.2, 0.25) is 0 Å². The minimum absolute atomic E-state index is 0.212. The maximum absolute atomic E-state index is 11.8. The van der Waals surface area contributed by atoms with Gasteiger partial charge in [0.05, 0.1) is 17.4 Å². The zero-order chi connectivity index (χ0) is 17.5. The molecule has 0 unspecified atom stereocenters. The highest BCUT2D eigenvalue weighted by Crippen LogP contribution is 2.27. The lowest BCUT2D eigenvalue weighted by molar-refractivity contribution is -0.141. The van der Waals surface area contributed by atoms with Crippen molar-refractivity contribution in [2.75, 3.05) is 19.0 Å². The lowest BCUT2D eigenvalue weighted by atomic mass is 10.1. The Hall–Kier alpha value is -2.45. The molecule has 1 aliphatic rings. The third-order valence-electron chi connectivity index (χ3n) is 4.03. The SMILES string of the molecule is N#Cc1ccc(OCCOC(=O)CSc2ccc3c(c2)CCC3)cc1. The molecule has 1 aliphatic carbocycles. The first-order chi connectivity index (χ1) is 12.2. The van der Waals surface area contributed by atoms with E-state index in [1.165, 1.54) is 35.7 Å². The molecule has 0 N–H and O–H groups in total. The van der Waals surface area contributed by atoms with E-state index in [0.29, 0.717) is 23.7 Å². The smallest absolute Gasteiger partial charge is 0.316 e. The fraction of sp³-hybridized carbons (Fsp3) is 0.300. The standard InChI is InChI=1S/C20H19NO3S/c21-13-15-4-7-18(8-5-15)23-10-11-24-20(22)14-25-19-9-6-16-2-1-3-17(16)12-19/h4-9,12H,1-3,10-11,14H2. The highest BCUT2D eigenvalue weighted by molar-refractivity contribution is 8.00. The van der Waals surface area contributed by atoms with Crippen molar-refractivity contribution in [2.24, 2.45) is 0 Å². The van der Waals surface area contributed by atoms with Gasteiger partial charge in [0, 0.05) is 4.90 Å². The van der Waals surface area contributed by atoms with Crippen molar-refractivity contribution in [3.8, 4) is 11.8 Å². The Morgan fingerprint density at radius 1 is 1.08 bits per heavy atom. The van der Waals surface area contributed by atoms with Gasteiger partial charge in [-0.05, 0) is 66.8 Å². The average molecular weight is 353 g/mol. The van der Waals surface area contributed by atoms with Gasteiger partial charge in [0.2, 0.25) is 0 Å². The molecule has 2 aromatic rings. The number of hydrogen-bond donors (Lipinski definition) is 0. The number of aryl methyl sites for hydroxylation is 2. The van der Waals surface area contributed by atoms with E-state index in [0.717, 1.165) is 11.3 Å². The van der Waals surface area contributed by atoms with E-state index in [9.17, 15) is 4.79 Å². The summed E-state index contributed by atoms with van der Waals surface area (Å²) in [7, 11) is 0. The summed E-state index contributed by atoms with van der Waals surface area (Å²) >= 11 is 1.51. The molecule has 0 saturated carbocycles. The van der Waals surface area contributed by atoms with Crippen LogP contribution in [0.1, 0.15) is 23.1 Å². The molecule has 0 aromatic heterocycles. The van der Waals surface area contributed by atoms with E-state index < -0.39 is 0 Å². The second kappa shape index (κ2) is 8.59. The molecule has 0 amide bonds. The van der Waals surface area contributed by atoms with Crippen LogP contribution in [0.4, 0.5) is 0 Å². The summed E-state index contributed by atoms with van der Waals surface area (Å²) in [5.41, 5.74) is 3.43. The Balaban J connectivity index is 1.34. The molecule has 0 fully saturated rings. The number of nitriles is 1. The van der Waals surface area contributed by atoms with Crippen molar-refractivity contribution < 1.29 is 14.3 Å². The molecule has 0 atom stereocenters. The molecule has 3 rings (SSSR count). The van der Waals surface area contributed by atoms with Gasteiger partial charge in [0.25, 0.3) is 0 Å². The second-order valence-electron chi connectivity index (χ2n) is 5.78. The summed E-state index contributed by atoms with van der Waals surface area (Å²) in [6.07, 6.45) is 3.53. The third-order valence-corrected chi connectivity index (χ3v) is 4.99. The number of carbonyl (C=O) groups is 1. The number of fused-ring (bicyclic) bond motifs is 1. The largest absolute Gasteiger partial charge is 0.490 e. The fourth-order valence-electron chi connectivity index (χ4n) is 2.76. The monoisotopic (exact) mass is 353 g/mol. The van der Waals surface area contributed by atoms with Gasteiger partial charge < -0.3 is 9.47 Å². The first-order valence-corrected chi connectivity index (χ1v) is 9.26. The summed E-state index contributed by atoms with van der Waals surface area (Å²) in [4.78, 5) is 12.9. The zero-order valence-corrected chi connectivity index (χ0v) is 14.7. The van der Waals surface area contributed by atoms with Gasteiger partial charge in [-0.15, -0.1) is 11.8 Å². The Bertz CT molecular complexity index is 781. The second-order valence-corrected chi connectivity index (χ2v) is 6.83. The van der Waals surface area contributed by atoms with Crippen molar-refractivity contribution in [3.63, 3.8) is 0 Å². The predicted octanol–water partition coefficient (Wildman–Crippen LogP) is 3.76. The van der Waals surface area contributed by atoms with Crippen LogP contribution in [-0.4, -0.2) is 24.9 Å². The first kappa shape index (κ1) is 17.4. The molecule has 4 nitrogen and oxygen atoms in total. The van der Waals surface area contributed by atoms with Crippen LogP contribution in [0, 0.1) is 11.3 Å². The number of hydrogen-bond acceptors (Lipinski definition) is 5. The lowest BCUT2D eigenvalue weighted by Gasteiger charge is -2.08. The number of rotatable bonds is 7. The predicted molar refractivity (Wildman–Crippen MR) is 96.8 cm³/mol. The molecule has 0 radical (unpaired) electrons. The molecule has 0 heterocycles. The van der Waals surface area contributed by atoms with Crippen molar-refractivity contribution in [1.82, 2.24) is 0 Å². The number of esters is 1. The lowest BCUT2D eigenvalue weighted by Crippen LogP contribution is -2.13. The van der Waals surface area contributed by atoms with Gasteiger partial charge in [-0.3, -0.25) is 4.79 Å². The third kappa shape index (κ3) is 5.01. The molecule has 25 heavy (non-hydrogen) atoms. The maximum Gasteiger partial charge on any atom is 0.316 e. The summed E-state index contributed by atoms with van der Waals surface area (Å²) in [6.45, 7) is 0.505. The molecule has 128 valence electrons. The van der Waals surface area contributed by atoms with Gasteiger partial charge in [0.15, 0.2) is 0 Å². The topological polar surface area (TPSA) is 59.3 Å². The van der Waals surface area contributed by atoms with Gasteiger partial charge in [-0.25, -0.2) is 0 Å². The normalized spacial score (nSPS) is 12.3. The number of carbonyl (C=O) groups excluding carboxylic acids is 1. The number of nitrogens with zero attached hydrogens (tertiary/aromatic N) is 1. The van der Waals surface area contributed by atoms with Crippen LogP contribution in [0.3, 0.4) is 0 Å². The van der Waals surface area contributed by atoms with E-state index >= 15 is 0 Å². The van der Waals surface area contributed by atoms with Gasteiger partial charge in [-0.2, -0.15) is 5.26 Å². The highest BCUT2D eigenvalue weighted by Gasteiger charge is 2.12. The molecule has 0 bridgehead atoms. The number of benzene rings is 2. The van der Waals surface area contributed by atoms with E-state index in [1.54, 1.807) is 24.3 Å². The molecule has 0 spiro atoms. The van der Waals surface area contributed by atoms with Crippen molar-refractivity contribution in [2.45, 2.75) is 24.2 Å². The Kier molecular flexibility index (Phi) is 5.97. The molecular weight excluding hydrogens is 334 g/mol. The molecule has 5 heteroatoms. The van der Waals surface area contributed by atoms with Crippen molar-refractivity contribution in [3.05, 3.63) is 59.2 Å². The van der Waals surface area contributed by atoms with Crippen molar-refractivity contribution >= 4 is 17.7 Å². The first-order valence-electron chi connectivity index (χ1n) is 8.28. The summed E-state index contributed by atoms with van der Waals surface area (Å²) in [6, 6.07) is 15.3. The molecular formula is C20H19NO3S. The number of thioether (sulfide) groups is 1. The van der Waals surface area contributed by atoms with E-state index in [1.807, 2.05) is 0 Å². The minimum atomic E-state index is -0.242. The van der Waals surface area contributed by atoms with Crippen LogP contribution in [0.15, 0.2) is 47.4 Å². The van der Waals surface area contributed by atoms with Crippen LogP contribution in [-0.2, 0) is 22.4 Å². The van der Waals surface area contributed by atoms with E-state index in [4.69, 9.17) is 14.7 Å². The Morgan fingerprint density at radius 3 is 2.68 bits per heavy atom. The summed E-state index contributed by atoms with van der Waals surface area (Å²) in [5, 5.41) is 8.73. The molecule has 0 aliphatic heterocycles. The quantitative estimate of drug-likeness (QED) is 0.431. The molecule has 0 saturated heterocycles. The van der Waals surface area contributed by atoms with Crippen LogP contribution < -0.4 is 4.74 Å². The Morgan fingerprint density at radius 2 is 1.88 bits per heavy atom. The highest BCUT2D eigenvalue weighted by atomic mass is 32.2. The zero-order valence-electron chi connectivity index (χ0n) is 13.9. The summed E-state index contributed by atoms with van der Waals surface area (Å²) in [5.74, 6) is 0.715. The van der Waals surface area contributed by atoms with Gasteiger partial charge in [0.1, 0.15) is 19.0 Å². The van der Waals surface area contributed by atoms with Crippen molar-refractivity contribution in [1.29, 1.82) is 5.26 Å². The molecule has 2 aromatic carbocycles. The minimum Gasteiger partial charge on any atom is -0.490 e. The van der Waals surface area contributed by atoms with Gasteiger partial charge >= 0.3 is 5.97 Å². The van der Waals surface area contributed by atoms with E-state index in [-0.39, 0.29) is 12.6 Å². The fourth-order valence-corrected chi connectivity index (χ4v) is 3.52.